The lowest BCUT2D eigenvalue weighted by molar-refractivity contribution is 0.593. The SMILES string of the molecule is CCCS(=O)(=O)c1c(N)nsc1N(CC1CC1)C(C)C. The zero-order valence-electron chi connectivity index (χ0n) is 12.3. The van der Waals surface area contributed by atoms with Gasteiger partial charge in [-0.3, -0.25) is 0 Å². The molecule has 2 N–H and O–H groups in total. The Morgan fingerprint density at radius 1 is 1.45 bits per heavy atom. The summed E-state index contributed by atoms with van der Waals surface area (Å²) in [6.07, 6.45) is 3.05. The van der Waals surface area contributed by atoms with E-state index in [9.17, 15) is 8.42 Å². The van der Waals surface area contributed by atoms with Gasteiger partial charge in [-0.2, -0.15) is 4.37 Å². The smallest absolute Gasteiger partial charge is 0.185 e. The van der Waals surface area contributed by atoms with E-state index in [0.717, 1.165) is 11.5 Å². The third kappa shape index (κ3) is 3.25. The Morgan fingerprint density at radius 2 is 2.10 bits per heavy atom. The Morgan fingerprint density at radius 3 is 2.60 bits per heavy atom. The maximum Gasteiger partial charge on any atom is 0.185 e. The van der Waals surface area contributed by atoms with E-state index >= 15 is 0 Å². The van der Waals surface area contributed by atoms with Crippen molar-refractivity contribution in [1.82, 2.24) is 4.37 Å². The van der Waals surface area contributed by atoms with Gasteiger partial charge in [-0.15, -0.1) is 0 Å². The Kier molecular flexibility index (Phi) is 4.59. The number of rotatable bonds is 7. The number of nitrogens with zero attached hydrogens (tertiary/aromatic N) is 2. The van der Waals surface area contributed by atoms with Gasteiger partial charge in [0, 0.05) is 12.6 Å². The van der Waals surface area contributed by atoms with Gasteiger partial charge in [0.2, 0.25) is 0 Å². The minimum Gasteiger partial charge on any atom is -0.382 e. The van der Waals surface area contributed by atoms with Gasteiger partial charge in [0.05, 0.1) is 5.75 Å². The maximum atomic E-state index is 12.4. The Labute approximate surface area is 125 Å². The van der Waals surface area contributed by atoms with Gasteiger partial charge in [-0.05, 0) is 50.6 Å². The van der Waals surface area contributed by atoms with E-state index in [-0.39, 0.29) is 22.5 Å². The fourth-order valence-electron chi connectivity index (χ4n) is 2.24. The Balaban J connectivity index is 2.40. The highest BCUT2D eigenvalue weighted by molar-refractivity contribution is 7.91. The van der Waals surface area contributed by atoms with Gasteiger partial charge in [0.25, 0.3) is 0 Å². The molecule has 5 nitrogen and oxygen atoms in total. The molecule has 1 aliphatic rings. The van der Waals surface area contributed by atoms with Crippen molar-refractivity contribution in [2.75, 3.05) is 22.9 Å². The summed E-state index contributed by atoms with van der Waals surface area (Å²) in [5.74, 6) is 0.959. The molecule has 7 heteroatoms. The van der Waals surface area contributed by atoms with Gasteiger partial charge in [0.1, 0.15) is 9.90 Å². The second-order valence-corrected chi connectivity index (χ2v) is 8.51. The Hall–Kier alpha value is -0.820. The first-order valence-electron chi connectivity index (χ1n) is 7.11. The monoisotopic (exact) mass is 317 g/mol. The molecule has 0 atom stereocenters. The summed E-state index contributed by atoms with van der Waals surface area (Å²) >= 11 is 1.21. The molecule has 20 heavy (non-hydrogen) atoms. The van der Waals surface area contributed by atoms with Crippen molar-refractivity contribution >= 4 is 32.2 Å². The molecule has 0 amide bonds. The first kappa shape index (κ1) is 15.6. The summed E-state index contributed by atoms with van der Waals surface area (Å²) in [5.41, 5.74) is 5.84. The van der Waals surface area contributed by atoms with Crippen molar-refractivity contribution < 1.29 is 8.42 Å². The molecule has 114 valence electrons. The van der Waals surface area contributed by atoms with Crippen molar-refractivity contribution in [3.63, 3.8) is 0 Å². The summed E-state index contributed by atoms with van der Waals surface area (Å²) in [5, 5.41) is 0.720. The number of hydrogen-bond donors (Lipinski definition) is 1. The van der Waals surface area contributed by atoms with E-state index in [0.29, 0.717) is 12.3 Å². The van der Waals surface area contributed by atoms with Crippen molar-refractivity contribution in [2.24, 2.45) is 5.92 Å². The lowest BCUT2D eigenvalue weighted by Gasteiger charge is -2.28. The molecular formula is C13H23N3O2S2. The van der Waals surface area contributed by atoms with Crippen molar-refractivity contribution in [3.05, 3.63) is 0 Å². The van der Waals surface area contributed by atoms with Crippen LogP contribution in [0.2, 0.25) is 0 Å². The van der Waals surface area contributed by atoms with Crippen LogP contribution in [0.1, 0.15) is 40.0 Å². The van der Waals surface area contributed by atoms with Crippen LogP contribution < -0.4 is 10.6 Å². The van der Waals surface area contributed by atoms with Crippen LogP contribution in [0.4, 0.5) is 10.8 Å². The summed E-state index contributed by atoms with van der Waals surface area (Å²) < 4.78 is 28.9. The van der Waals surface area contributed by atoms with Crippen molar-refractivity contribution in [3.8, 4) is 0 Å². The number of hydrogen-bond acceptors (Lipinski definition) is 6. The predicted octanol–water partition coefficient (Wildman–Crippen LogP) is 2.53. The van der Waals surface area contributed by atoms with Crippen LogP contribution in [-0.2, 0) is 9.84 Å². The molecule has 2 rings (SSSR count). The third-order valence-electron chi connectivity index (χ3n) is 3.48. The largest absolute Gasteiger partial charge is 0.382 e. The topological polar surface area (TPSA) is 76.3 Å². The van der Waals surface area contributed by atoms with E-state index in [4.69, 9.17) is 5.73 Å². The number of nitrogen functional groups attached to an aromatic ring is 1. The van der Waals surface area contributed by atoms with Crippen LogP contribution in [0.25, 0.3) is 0 Å². The molecule has 0 saturated heterocycles. The second kappa shape index (κ2) is 5.89. The average Bonchev–Trinajstić information content (AvgIpc) is 3.07. The summed E-state index contributed by atoms with van der Waals surface area (Å²) in [4.78, 5) is 2.40. The van der Waals surface area contributed by atoms with Crippen LogP contribution >= 0.6 is 11.5 Å². The third-order valence-corrected chi connectivity index (χ3v) is 6.48. The predicted molar refractivity (Wildman–Crippen MR) is 84.1 cm³/mol. The van der Waals surface area contributed by atoms with Crippen LogP contribution in [0, 0.1) is 5.92 Å². The van der Waals surface area contributed by atoms with E-state index in [1.54, 1.807) is 0 Å². The van der Waals surface area contributed by atoms with Crippen LogP contribution in [0.3, 0.4) is 0 Å². The Bertz CT molecular complexity index is 562. The minimum atomic E-state index is -3.34. The summed E-state index contributed by atoms with van der Waals surface area (Å²) in [6.45, 7) is 6.91. The summed E-state index contributed by atoms with van der Waals surface area (Å²) in [7, 11) is -3.34. The maximum absolute atomic E-state index is 12.4. The molecule has 1 aromatic rings. The van der Waals surface area contributed by atoms with Crippen LogP contribution in [0.15, 0.2) is 4.90 Å². The fourth-order valence-corrected chi connectivity index (χ4v) is 5.13. The zero-order chi connectivity index (χ0) is 14.9. The number of aromatic nitrogens is 1. The number of sulfone groups is 1. The normalized spacial score (nSPS) is 15.8. The molecule has 0 unspecified atom stereocenters. The molecule has 1 aromatic heterocycles. The first-order valence-corrected chi connectivity index (χ1v) is 9.54. The second-order valence-electron chi connectivity index (χ2n) is 5.71. The molecule has 0 radical (unpaired) electrons. The molecular weight excluding hydrogens is 294 g/mol. The summed E-state index contributed by atoms with van der Waals surface area (Å²) in [6, 6.07) is 0.242. The highest BCUT2D eigenvalue weighted by Crippen LogP contribution is 2.39. The fraction of sp³-hybridized carbons (Fsp3) is 0.769. The van der Waals surface area contributed by atoms with E-state index in [2.05, 4.69) is 23.1 Å². The van der Waals surface area contributed by atoms with E-state index in [1.807, 2.05) is 6.92 Å². The molecule has 1 fully saturated rings. The number of nitrogens with two attached hydrogens (primary N) is 1. The molecule has 0 aliphatic heterocycles. The molecule has 1 saturated carbocycles. The molecule has 1 aliphatic carbocycles. The lowest BCUT2D eigenvalue weighted by Crippen LogP contribution is -2.33. The van der Waals surface area contributed by atoms with Crippen LogP contribution in [-0.4, -0.2) is 31.1 Å². The van der Waals surface area contributed by atoms with Crippen molar-refractivity contribution in [1.29, 1.82) is 0 Å². The molecule has 0 bridgehead atoms. The van der Waals surface area contributed by atoms with Gasteiger partial charge in [0.15, 0.2) is 15.7 Å². The van der Waals surface area contributed by atoms with Crippen LogP contribution in [0.5, 0.6) is 0 Å². The first-order chi connectivity index (χ1) is 9.36. The van der Waals surface area contributed by atoms with E-state index < -0.39 is 9.84 Å². The van der Waals surface area contributed by atoms with Gasteiger partial charge >= 0.3 is 0 Å². The molecule has 0 aromatic carbocycles. The minimum absolute atomic E-state index is 0.123. The quantitative estimate of drug-likeness (QED) is 0.836. The molecule has 0 spiro atoms. The molecule has 1 heterocycles. The number of anilines is 2. The average molecular weight is 317 g/mol. The highest BCUT2D eigenvalue weighted by atomic mass is 32.2. The van der Waals surface area contributed by atoms with Gasteiger partial charge in [-0.25, -0.2) is 8.42 Å². The lowest BCUT2D eigenvalue weighted by atomic mass is 10.3. The zero-order valence-corrected chi connectivity index (χ0v) is 13.9. The standard InChI is InChI=1S/C13H23N3O2S2/c1-4-7-20(17,18)11-12(14)15-19-13(11)16(9(2)3)8-10-5-6-10/h9-10H,4-8H2,1-3H3,(H2,14,15). The van der Waals surface area contributed by atoms with E-state index in [1.165, 1.54) is 24.4 Å². The van der Waals surface area contributed by atoms with Gasteiger partial charge in [-0.1, -0.05) is 6.92 Å². The van der Waals surface area contributed by atoms with Gasteiger partial charge < -0.3 is 10.6 Å². The highest BCUT2D eigenvalue weighted by Gasteiger charge is 2.32. The van der Waals surface area contributed by atoms with Crippen molar-refractivity contribution in [2.45, 2.75) is 51.0 Å².